The minimum absolute atomic E-state index is 0.0108. The van der Waals surface area contributed by atoms with Gasteiger partial charge in [0.2, 0.25) is 0 Å². The Morgan fingerprint density at radius 2 is 1.56 bits per heavy atom. The summed E-state index contributed by atoms with van der Waals surface area (Å²) in [5.41, 5.74) is 0. The Morgan fingerprint density at radius 1 is 1.06 bits per heavy atom. The summed E-state index contributed by atoms with van der Waals surface area (Å²) < 4.78 is 11.0. The molecule has 90 valence electrons. The largest absolute Gasteiger partial charge is 0.506 e. The third-order valence-corrected chi connectivity index (χ3v) is 2.24. The molecule has 0 bridgehead atoms. The summed E-state index contributed by atoms with van der Waals surface area (Å²) >= 11 is 5.81. The van der Waals surface area contributed by atoms with Gasteiger partial charge in [0.05, 0.1) is 18.2 Å². The SMILES string of the molecule is CCCOc1cc(O)c(Cl)cc1OCCC. The van der Waals surface area contributed by atoms with Crippen molar-refractivity contribution < 1.29 is 14.6 Å². The van der Waals surface area contributed by atoms with Crippen LogP contribution in [-0.2, 0) is 0 Å². The minimum Gasteiger partial charge on any atom is -0.506 e. The van der Waals surface area contributed by atoms with E-state index in [0.717, 1.165) is 12.8 Å². The number of phenols is 1. The zero-order valence-electron chi connectivity index (χ0n) is 9.62. The van der Waals surface area contributed by atoms with E-state index in [1.54, 1.807) is 6.07 Å². The lowest BCUT2D eigenvalue weighted by Gasteiger charge is -2.13. The summed E-state index contributed by atoms with van der Waals surface area (Å²) in [6.07, 6.45) is 1.81. The van der Waals surface area contributed by atoms with Crippen LogP contribution >= 0.6 is 11.6 Å². The fourth-order valence-electron chi connectivity index (χ4n) is 1.17. The van der Waals surface area contributed by atoms with E-state index < -0.39 is 0 Å². The van der Waals surface area contributed by atoms with E-state index in [0.29, 0.717) is 24.7 Å². The fourth-order valence-corrected chi connectivity index (χ4v) is 1.33. The van der Waals surface area contributed by atoms with Gasteiger partial charge in [-0.1, -0.05) is 25.4 Å². The number of benzene rings is 1. The second kappa shape index (κ2) is 6.48. The van der Waals surface area contributed by atoms with Gasteiger partial charge in [-0.05, 0) is 12.8 Å². The van der Waals surface area contributed by atoms with Crippen LogP contribution in [0.25, 0.3) is 0 Å². The third kappa shape index (κ3) is 3.49. The van der Waals surface area contributed by atoms with Crippen molar-refractivity contribution in [3.63, 3.8) is 0 Å². The number of halogens is 1. The average molecular weight is 245 g/mol. The Bertz CT molecular complexity index is 306. The highest BCUT2D eigenvalue weighted by Gasteiger charge is 2.10. The predicted octanol–water partition coefficient (Wildman–Crippen LogP) is 3.62. The van der Waals surface area contributed by atoms with Gasteiger partial charge in [-0.3, -0.25) is 0 Å². The van der Waals surface area contributed by atoms with Crippen LogP contribution in [0.3, 0.4) is 0 Å². The van der Waals surface area contributed by atoms with Crippen LogP contribution in [-0.4, -0.2) is 18.3 Å². The van der Waals surface area contributed by atoms with Gasteiger partial charge in [0.15, 0.2) is 11.5 Å². The van der Waals surface area contributed by atoms with Crippen molar-refractivity contribution in [3.05, 3.63) is 17.2 Å². The molecule has 0 fully saturated rings. The van der Waals surface area contributed by atoms with Crippen LogP contribution in [0.15, 0.2) is 12.1 Å². The van der Waals surface area contributed by atoms with Crippen molar-refractivity contribution >= 4 is 11.6 Å². The van der Waals surface area contributed by atoms with Crippen molar-refractivity contribution in [1.82, 2.24) is 0 Å². The molecule has 0 aliphatic carbocycles. The Kier molecular flexibility index (Phi) is 5.26. The molecule has 0 radical (unpaired) electrons. The number of ether oxygens (including phenoxy) is 2. The molecule has 0 heterocycles. The number of hydrogen-bond acceptors (Lipinski definition) is 3. The molecule has 1 N–H and O–H groups in total. The standard InChI is InChI=1S/C12H17ClO3/c1-3-5-15-11-7-9(13)10(14)8-12(11)16-6-4-2/h7-8,14H,3-6H2,1-2H3. The summed E-state index contributed by atoms with van der Waals surface area (Å²) in [5, 5.41) is 9.75. The molecule has 0 unspecified atom stereocenters. The lowest BCUT2D eigenvalue weighted by molar-refractivity contribution is 0.267. The normalized spacial score (nSPS) is 10.2. The predicted molar refractivity (Wildman–Crippen MR) is 64.7 cm³/mol. The maximum Gasteiger partial charge on any atom is 0.164 e. The molecule has 3 nitrogen and oxygen atoms in total. The van der Waals surface area contributed by atoms with Crippen LogP contribution in [0, 0.1) is 0 Å². The molecule has 0 aliphatic heterocycles. The Balaban J connectivity index is 2.87. The summed E-state index contributed by atoms with van der Waals surface area (Å²) in [4.78, 5) is 0. The molecule has 0 saturated heterocycles. The van der Waals surface area contributed by atoms with Crippen LogP contribution in [0.5, 0.6) is 17.2 Å². The quantitative estimate of drug-likeness (QED) is 0.831. The lowest BCUT2D eigenvalue weighted by Crippen LogP contribution is -2.01. The number of aromatic hydroxyl groups is 1. The highest BCUT2D eigenvalue weighted by molar-refractivity contribution is 6.32. The third-order valence-electron chi connectivity index (χ3n) is 1.94. The number of phenolic OH excluding ortho intramolecular Hbond substituents is 1. The van der Waals surface area contributed by atoms with Gasteiger partial charge in [0, 0.05) is 12.1 Å². The summed E-state index contributed by atoms with van der Waals surface area (Å²) in [6, 6.07) is 3.07. The van der Waals surface area contributed by atoms with Gasteiger partial charge >= 0.3 is 0 Å². The molecular formula is C12H17ClO3. The number of hydrogen-bond donors (Lipinski definition) is 1. The molecule has 0 atom stereocenters. The first kappa shape index (κ1) is 13.0. The monoisotopic (exact) mass is 244 g/mol. The van der Waals surface area contributed by atoms with Gasteiger partial charge in [0.1, 0.15) is 5.75 Å². The number of rotatable bonds is 6. The molecule has 1 aromatic carbocycles. The fraction of sp³-hybridized carbons (Fsp3) is 0.500. The molecular weight excluding hydrogens is 228 g/mol. The Hall–Kier alpha value is -1.09. The second-order valence-electron chi connectivity index (χ2n) is 3.45. The summed E-state index contributed by atoms with van der Waals surface area (Å²) in [6.45, 7) is 5.23. The van der Waals surface area contributed by atoms with Gasteiger partial charge < -0.3 is 14.6 Å². The zero-order valence-corrected chi connectivity index (χ0v) is 10.4. The highest BCUT2D eigenvalue weighted by atomic mass is 35.5. The van der Waals surface area contributed by atoms with Gasteiger partial charge in [0.25, 0.3) is 0 Å². The van der Waals surface area contributed by atoms with E-state index >= 15 is 0 Å². The van der Waals surface area contributed by atoms with Gasteiger partial charge in [-0.25, -0.2) is 0 Å². The van der Waals surface area contributed by atoms with Crippen molar-refractivity contribution in [2.75, 3.05) is 13.2 Å². The molecule has 4 heteroatoms. The molecule has 0 amide bonds. The molecule has 1 aromatic rings. The van der Waals surface area contributed by atoms with E-state index in [-0.39, 0.29) is 10.8 Å². The van der Waals surface area contributed by atoms with Crippen molar-refractivity contribution in [1.29, 1.82) is 0 Å². The average Bonchev–Trinajstić information content (AvgIpc) is 2.28. The summed E-state index contributed by atoms with van der Waals surface area (Å²) in [7, 11) is 0. The van der Waals surface area contributed by atoms with Crippen LogP contribution in [0.4, 0.5) is 0 Å². The molecule has 0 aromatic heterocycles. The molecule has 16 heavy (non-hydrogen) atoms. The zero-order chi connectivity index (χ0) is 12.0. The van der Waals surface area contributed by atoms with E-state index in [1.807, 2.05) is 13.8 Å². The minimum atomic E-state index is 0.0108. The molecule has 0 saturated carbocycles. The van der Waals surface area contributed by atoms with Crippen molar-refractivity contribution in [2.45, 2.75) is 26.7 Å². The summed E-state index contributed by atoms with van der Waals surface area (Å²) in [5.74, 6) is 1.13. The van der Waals surface area contributed by atoms with Crippen LogP contribution in [0.2, 0.25) is 5.02 Å². The van der Waals surface area contributed by atoms with E-state index in [1.165, 1.54) is 6.07 Å². The second-order valence-corrected chi connectivity index (χ2v) is 3.85. The lowest BCUT2D eigenvalue weighted by atomic mass is 10.3. The highest BCUT2D eigenvalue weighted by Crippen LogP contribution is 2.37. The Morgan fingerprint density at radius 3 is 2.06 bits per heavy atom. The van der Waals surface area contributed by atoms with E-state index in [2.05, 4.69) is 0 Å². The maximum absolute atomic E-state index is 9.48. The molecule has 0 aliphatic rings. The van der Waals surface area contributed by atoms with Crippen LogP contribution < -0.4 is 9.47 Å². The van der Waals surface area contributed by atoms with Gasteiger partial charge in [-0.2, -0.15) is 0 Å². The van der Waals surface area contributed by atoms with E-state index in [9.17, 15) is 5.11 Å². The topological polar surface area (TPSA) is 38.7 Å². The first-order valence-electron chi connectivity index (χ1n) is 5.47. The first-order valence-corrected chi connectivity index (χ1v) is 5.85. The molecule has 0 spiro atoms. The Labute approximate surface area is 101 Å². The smallest absolute Gasteiger partial charge is 0.164 e. The first-order chi connectivity index (χ1) is 7.69. The van der Waals surface area contributed by atoms with Crippen molar-refractivity contribution in [3.8, 4) is 17.2 Å². The van der Waals surface area contributed by atoms with Crippen molar-refractivity contribution in [2.24, 2.45) is 0 Å². The van der Waals surface area contributed by atoms with E-state index in [4.69, 9.17) is 21.1 Å². The van der Waals surface area contributed by atoms with Gasteiger partial charge in [-0.15, -0.1) is 0 Å². The molecule has 1 rings (SSSR count). The maximum atomic E-state index is 9.48. The van der Waals surface area contributed by atoms with Crippen LogP contribution in [0.1, 0.15) is 26.7 Å².